The highest BCUT2D eigenvalue weighted by atomic mass is 32.2. The minimum Gasteiger partial charge on any atom is -0.326 e. The minimum absolute atomic E-state index is 0.0751. The van der Waals surface area contributed by atoms with Crippen molar-refractivity contribution in [2.45, 2.75) is 30.8 Å². The van der Waals surface area contributed by atoms with E-state index >= 15 is 0 Å². The lowest BCUT2D eigenvalue weighted by Gasteiger charge is -2.24. The number of sulfonamides is 1. The molecule has 0 radical (unpaired) electrons. The molecule has 0 amide bonds. The summed E-state index contributed by atoms with van der Waals surface area (Å²) in [5.41, 5.74) is 8.28. The van der Waals surface area contributed by atoms with E-state index in [4.69, 9.17) is 5.73 Å². The maximum absolute atomic E-state index is 13.0. The van der Waals surface area contributed by atoms with Crippen LogP contribution >= 0.6 is 0 Å². The Morgan fingerprint density at radius 1 is 1.19 bits per heavy atom. The van der Waals surface area contributed by atoms with Crippen LogP contribution in [0.3, 0.4) is 0 Å². The Morgan fingerprint density at radius 3 is 2.71 bits per heavy atom. The van der Waals surface area contributed by atoms with Crippen LogP contribution in [0.1, 0.15) is 18.1 Å². The minimum atomic E-state index is -3.56. The van der Waals surface area contributed by atoms with Gasteiger partial charge in [0.2, 0.25) is 0 Å². The topological polar surface area (TPSA) is 63.4 Å². The van der Waals surface area contributed by atoms with Gasteiger partial charge < -0.3 is 5.73 Å². The van der Waals surface area contributed by atoms with Crippen LogP contribution in [0.25, 0.3) is 0 Å². The number of anilines is 1. The summed E-state index contributed by atoms with van der Waals surface area (Å²) in [7, 11) is -3.56. The van der Waals surface area contributed by atoms with E-state index in [-0.39, 0.29) is 6.04 Å². The standard InChI is InChI=1S/C16H18N2O2S/c1-12-9-14-6-2-3-8-16(14)18(12)21(19,20)15-7-4-5-13(10-15)11-17/h2-8,10,12H,9,11,17H2,1H3. The quantitative estimate of drug-likeness (QED) is 0.946. The first-order chi connectivity index (χ1) is 10.0. The number of para-hydroxylation sites is 1. The largest absolute Gasteiger partial charge is 0.326 e. The smallest absolute Gasteiger partial charge is 0.264 e. The van der Waals surface area contributed by atoms with Crippen molar-refractivity contribution in [3.63, 3.8) is 0 Å². The molecule has 0 saturated carbocycles. The van der Waals surface area contributed by atoms with Gasteiger partial charge in [0.15, 0.2) is 0 Å². The number of benzene rings is 2. The molecular formula is C16H18N2O2S. The van der Waals surface area contributed by atoms with Crippen molar-refractivity contribution in [3.8, 4) is 0 Å². The first-order valence-corrected chi connectivity index (χ1v) is 8.39. The lowest BCUT2D eigenvalue weighted by Crippen LogP contribution is -2.35. The third kappa shape index (κ3) is 2.32. The highest BCUT2D eigenvalue weighted by Gasteiger charge is 2.35. The second-order valence-corrected chi connectivity index (χ2v) is 7.15. The molecule has 4 nitrogen and oxygen atoms in total. The molecule has 2 N–H and O–H groups in total. The fourth-order valence-corrected chi connectivity index (χ4v) is 4.61. The van der Waals surface area contributed by atoms with Gasteiger partial charge in [-0.05, 0) is 42.7 Å². The Hall–Kier alpha value is -1.85. The van der Waals surface area contributed by atoms with E-state index in [0.29, 0.717) is 11.4 Å². The van der Waals surface area contributed by atoms with Crippen LogP contribution in [-0.4, -0.2) is 14.5 Å². The Morgan fingerprint density at radius 2 is 1.95 bits per heavy atom. The second kappa shape index (κ2) is 5.16. The second-order valence-electron chi connectivity index (χ2n) is 5.33. The zero-order valence-corrected chi connectivity index (χ0v) is 12.7. The summed E-state index contributed by atoms with van der Waals surface area (Å²) >= 11 is 0. The molecule has 1 heterocycles. The van der Waals surface area contributed by atoms with E-state index in [1.807, 2.05) is 37.3 Å². The zero-order valence-electron chi connectivity index (χ0n) is 11.9. The number of hydrogen-bond acceptors (Lipinski definition) is 3. The molecule has 21 heavy (non-hydrogen) atoms. The van der Waals surface area contributed by atoms with Gasteiger partial charge in [-0.25, -0.2) is 8.42 Å². The number of nitrogens with zero attached hydrogens (tertiary/aromatic N) is 1. The van der Waals surface area contributed by atoms with Gasteiger partial charge in [0.1, 0.15) is 0 Å². The first-order valence-electron chi connectivity index (χ1n) is 6.95. The van der Waals surface area contributed by atoms with Crippen LogP contribution in [0.4, 0.5) is 5.69 Å². The molecule has 0 spiro atoms. The molecule has 0 aromatic heterocycles. The first kappa shape index (κ1) is 14.1. The summed E-state index contributed by atoms with van der Waals surface area (Å²) in [5, 5.41) is 0. The van der Waals surface area contributed by atoms with Crippen LogP contribution in [0.2, 0.25) is 0 Å². The summed E-state index contributed by atoms with van der Waals surface area (Å²) in [6.45, 7) is 2.26. The van der Waals surface area contributed by atoms with Gasteiger partial charge in [0.05, 0.1) is 10.6 Å². The van der Waals surface area contributed by atoms with Gasteiger partial charge in [-0.15, -0.1) is 0 Å². The predicted molar refractivity (Wildman–Crippen MR) is 83.6 cm³/mol. The van der Waals surface area contributed by atoms with E-state index in [2.05, 4.69) is 0 Å². The Kier molecular flexibility index (Phi) is 3.47. The molecule has 1 atom stereocenters. The van der Waals surface area contributed by atoms with Gasteiger partial charge in [0.25, 0.3) is 10.0 Å². The van der Waals surface area contributed by atoms with Gasteiger partial charge >= 0.3 is 0 Å². The third-order valence-corrected chi connectivity index (χ3v) is 5.76. The maximum Gasteiger partial charge on any atom is 0.264 e. The molecule has 1 aliphatic rings. The average molecular weight is 302 g/mol. The van der Waals surface area contributed by atoms with Crippen LogP contribution in [0.15, 0.2) is 53.4 Å². The maximum atomic E-state index is 13.0. The molecular weight excluding hydrogens is 284 g/mol. The summed E-state index contributed by atoms with van der Waals surface area (Å²) in [6, 6.07) is 14.4. The molecule has 2 aromatic carbocycles. The molecule has 0 aliphatic carbocycles. The van der Waals surface area contributed by atoms with Crippen LogP contribution in [0, 0.1) is 0 Å². The molecule has 0 fully saturated rings. The average Bonchev–Trinajstić information content (AvgIpc) is 2.83. The summed E-state index contributed by atoms with van der Waals surface area (Å²) in [4.78, 5) is 0.300. The molecule has 0 bridgehead atoms. The van der Waals surface area contributed by atoms with Gasteiger partial charge in [0, 0.05) is 12.6 Å². The van der Waals surface area contributed by atoms with Gasteiger partial charge in [-0.1, -0.05) is 30.3 Å². The third-order valence-electron chi connectivity index (χ3n) is 3.84. The van der Waals surface area contributed by atoms with E-state index in [1.165, 1.54) is 4.31 Å². The molecule has 1 unspecified atom stereocenters. The van der Waals surface area contributed by atoms with E-state index < -0.39 is 10.0 Å². The van der Waals surface area contributed by atoms with Crippen molar-refractivity contribution in [1.82, 2.24) is 0 Å². The van der Waals surface area contributed by atoms with Gasteiger partial charge in [-0.2, -0.15) is 0 Å². The number of hydrogen-bond donors (Lipinski definition) is 1. The monoisotopic (exact) mass is 302 g/mol. The highest BCUT2D eigenvalue weighted by Crippen LogP contribution is 2.36. The van der Waals surface area contributed by atoms with E-state index in [1.54, 1.807) is 18.2 Å². The van der Waals surface area contributed by atoms with Crippen molar-refractivity contribution in [3.05, 3.63) is 59.7 Å². The van der Waals surface area contributed by atoms with Crippen molar-refractivity contribution in [2.24, 2.45) is 5.73 Å². The summed E-state index contributed by atoms with van der Waals surface area (Å²) < 4.78 is 27.4. The number of rotatable bonds is 3. The van der Waals surface area contributed by atoms with Gasteiger partial charge in [-0.3, -0.25) is 4.31 Å². The SMILES string of the molecule is CC1Cc2ccccc2N1S(=O)(=O)c1cccc(CN)c1. The molecule has 2 aromatic rings. The fourth-order valence-electron chi connectivity index (χ4n) is 2.85. The number of fused-ring (bicyclic) bond motifs is 1. The molecule has 110 valence electrons. The predicted octanol–water partition coefficient (Wildman–Crippen LogP) is 2.29. The van der Waals surface area contributed by atoms with Crippen molar-refractivity contribution in [1.29, 1.82) is 0 Å². The molecule has 0 saturated heterocycles. The summed E-state index contributed by atoms with van der Waals surface area (Å²) in [5.74, 6) is 0. The molecule has 5 heteroatoms. The molecule has 3 rings (SSSR count). The van der Waals surface area contributed by atoms with E-state index in [9.17, 15) is 8.42 Å². The van der Waals surface area contributed by atoms with Crippen molar-refractivity contribution < 1.29 is 8.42 Å². The van der Waals surface area contributed by atoms with Crippen LogP contribution in [-0.2, 0) is 23.0 Å². The Bertz CT molecular complexity index is 771. The summed E-state index contributed by atoms with van der Waals surface area (Å²) in [6.07, 6.45) is 0.742. The van der Waals surface area contributed by atoms with Crippen molar-refractivity contribution >= 4 is 15.7 Å². The lowest BCUT2D eigenvalue weighted by atomic mass is 10.1. The lowest BCUT2D eigenvalue weighted by molar-refractivity contribution is 0.584. The highest BCUT2D eigenvalue weighted by molar-refractivity contribution is 7.92. The van der Waals surface area contributed by atoms with E-state index in [0.717, 1.165) is 23.2 Å². The molecule has 1 aliphatic heterocycles. The normalized spacial score (nSPS) is 17.8. The fraction of sp³-hybridized carbons (Fsp3) is 0.250. The van der Waals surface area contributed by atoms with Crippen molar-refractivity contribution in [2.75, 3.05) is 4.31 Å². The van der Waals surface area contributed by atoms with Crippen LogP contribution < -0.4 is 10.0 Å². The Balaban J connectivity index is 2.10. The number of nitrogens with two attached hydrogens (primary N) is 1. The Labute approximate surface area is 125 Å². The zero-order chi connectivity index (χ0) is 15.0. The van der Waals surface area contributed by atoms with Crippen LogP contribution in [0.5, 0.6) is 0 Å².